The molecule has 1 heterocycles. The Labute approximate surface area is 149 Å². The quantitative estimate of drug-likeness (QED) is 0.656. The highest BCUT2D eigenvalue weighted by Gasteiger charge is 2.10. The fourth-order valence-corrected chi connectivity index (χ4v) is 2.23. The van der Waals surface area contributed by atoms with Crippen LogP contribution in [0, 0.1) is 0 Å². The van der Waals surface area contributed by atoms with E-state index in [1.807, 2.05) is 12.1 Å². The van der Waals surface area contributed by atoms with Gasteiger partial charge >= 0.3 is 5.97 Å². The zero-order valence-electron chi connectivity index (χ0n) is 13.9. The molecule has 0 aliphatic carbocycles. The Kier molecular flexibility index (Phi) is 5.23. The number of nitrogens with zero attached hydrogens (tertiary/aromatic N) is 4. The van der Waals surface area contributed by atoms with Gasteiger partial charge in [-0.2, -0.15) is 5.10 Å². The van der Waals surface area contributed by atoms with Crippen molar-refractivity contribution in [1.82, 2.24) is 14.9 Å². The summed E-state index contributed by atoms with van der Waals surface area (Å²) in [5.41, 5.74) is 1.79. The van der Waals surface area contributed by atoms with E-state index in [-0.39, 0.29) is 12.2 Å². The van der Waals surface area contributed by atoms with E-state index >= 15 is 0 Å². The van der Waals surface area contributed by atoms with Crippen molar-refractivity contribution in [3.8, 4) is 11.5 Å². The van der Waals surface area contributed by atoms with Gasteiger partial charge in [-0.1, -0.05) is 18.2 Å². The third-order valence-corrected chi connectivity index (χ3v) is 3.55. The summed E-state index contributed by atoms with van der Waals surface area (Å²) in [4.78, 5) is 10.9. The van der Waals surface area contributed by atoms with E-state index in [4.69, 9.17) is 14.6 Å². The maximum absolute atomic E-state index is 10.9. The lowest BCUT2D eigenvalue weighted by atomic mass is 10.1. The first kappa shape index (κ1) is 17.2. The number of rotatable bonds is 7. The molecule has 0 saturated carbocycles. The van der Waals surface area contributed by atoms with Gasteiger partial charge in [0.1, 0.15) is 19.3 Å². The van der Waals surface area contributed by atoms with Crippen LogP contribution >= 0.6 is 0 Å². The molecular weight excluding hydrogens is 336 g/mol. The van der Waals surface area contributed by atoms with Crippen LogP contribution in [0.5, 0.6) is 11.5 Å². The Balaban J connectivity index is 1.80. The minimum atomic E-state index is -0.963. The molecule has 2 aromatic carbocycles. The van der Waals surface area contributed by atoms with Gasteiger partial charge < -0.3 is 14.6 Å². The fraction of sp³-hybridized carbons (Fsp3) is 0.111. The third-order valence-electron chi connectivity index (χ3n) is 3.55. The normalized spacial score (nSPS) is 10.8. The molecule has 8 nitrogen and oxygen atoms in total. The molecule has 0 unspecified atom stereocenters. The van der Waals surface area contributed by atoms with Crippen molar-refractivity contribution < 1.29 is 19.4 Å². The number of hydrogen-bond donors (Lipinski definition) is 1. The van der Waals surface area contributed by atoms with Crippen molar-refractivity contribution in [2.75, 3.05) is 7.11 Å². The maximum Gasteiger partial charge on any atom is 0.335 e. The lowest BCUT2D eigenvalue weighted by Crippen LogP contribution is -2.02. The van der Waals surface area contributed by atoms with E-state index in [1.165, 1.54) is 29.5 Å². The summed E-state index contributed by atoms with van der Waals surface area (Å²) >= 11 is 0. The van der Waals surface area contributed by atoms with Crippen molar-refractivity contribution in [1.29, 1.82) is 0 Å². The predicted molar refractivity (Wildman–Crippen MR) is 93.7 cm³/mol. The van der Waals surface area contributed by atoms with E-state index < -0.39 is 5.97 Å². The monoisotopic (exact) mass is 352 g/mol. The number of ether oxygens (including phenoxy) is 2. The van der Waals surface area contributed by atoms with Gasteiger partial charge in [0.15, 0.2) is 11.5 Å². The molecule has 0 aliphatic heterocycles. The summed E-state index contributed by atoms with van der Waals surface area (Å²) < 4.78 is 12.7. The Bertz CT molecular complexity index is 905. The molecule has 8 heteroatoms. The summed E-state index contributed by atoms with van der Waals surface area (Å²) in [5, 5.41) is 20.6. The maximum atomic E-state index is 10.9. The highest BCUT2D eigenvalue weighted by molar-refractivity contribution is 5.87. The molecule has 3 aromatic rings. The van der Waals surface area contributed by atoms with Gasteiger partial charge in [-0.15, -0.1) is 10.2 Å². The number of para-hydroxylation sites is 1. The zero-order valence-corrected chi connectivity index (χ0v) is 13.9. The smallest absolute Gasteiger partial charge is 0.335 e. The molecule has 0 aliphatic rings. The van der Waals surface area contributed by atoms with Gasteiger partial charge in [0.25, 0.3) is 0 Å². The van der Waals surface area contributed by atoms with Crippen LogP contribution in [-0.2, 0) is 6.61 Å². The lowest BCUT2D eigenvalue weighted by molar-refractivity contribution is 0.0697. The summed E-state index contributed by atoms with van der Waals surface area (Å²) in [5.74, 6) is 0.142. The first-order valence-electron chi connectivity index (χ1n) is 7.68. The van der Waals surface area contributed by atoms with Gasteiger partial charge in [-0.05, 0) is 29.8 Å². The Morgan fingerprint density at radius 1 is 1.19 bits per heavy atom. The van der Waals surface area contributed by atoms with E-state index in [1.54, 1.807) is 31.5 Å². The number of carbonyl (C=O) groups is 1. The van der Waals surface area contributed by atoms with Crippen molar-refractivity contribution in [2.45, 2.75) is 6.61 Å². The first-order chi connectivity index (χ1) is 12.7. The minimum absolute atomic E-state index is 0.229. The summed E-state index contributed by atoms with van der Waals surface area (Å²) in [6, 6.07) is 12.0. The highest BCUT2D eigenvalue weighted by Crippen LogP contribution is 2.31. The average Bonchev–Trinajstić information content (AvgIpc) is 3.18. The molecule has 1 aromatic heterocycles. The fourth-order valence-electron chi connectivity index (χ4n) is 2.23. The molecule has 0 bridgehead atoms. The summed E-state index contributed by atoms with van der Waals surface area (Å²) in [7, 11) is 1.56. The zero-order chi connectivity index (χ0) is 18.4. The van der Waals surface area contributed by atoms with Crippen LogP contribution in [0.1, 0.15) is 21.5 Å². The molecule has 0 fully saturated rings. The van der Waals surface area contributed by atoms with E-state index in [2.05, 4.69) is 15.3 Å². The van der Waals surface area contributed by atoms with Crippen LogP contribution in [0.3, 0.4) is 0 Å². The Hall–Kier alpha value is -3.68. The largest absolute Gasteiger partial charge is 0.493 e. The van der Waals surface area contributed by atoms with Crippen LogP contribution in [0.2, 0.25) is 0 Å². The molecule has 26 heavy (non-hydrogen) atoms. The van der Waals surface area contributed by atoms with Crippen LogP contribution in [-0.4, -0.2) is 39.3 Å². The Morgan fingerprint density at radius 2 is 1.92 bits per heavy atom. The lowest BCUT2D eigenvalue weighted by Gasteiger charge is -2.13. The topological polar surface area (TPSA) is 98.8 Å². The second kappa shape index (κ2) is 7.93. The van der Waals surface area contributed by atoms with E-state index in [0.29, 0.717) is 11.5 Å². The molecule has 3 rings (SSSR count). The highest BCUT2D eigenvalue weighted by atomic mass is 16.5. The number of carboxylic acid groups (broad SMARTS) is 1. The summed E-state index contributed by atoms with van der Waals surface area (Å²) in [6.07, 6.45) is 4.57. The second-order valence-corrected chi connectivity index (χ2v) is 5.26. The summed E-state index contributed by atoms with van der Waals surface area (Å²) in [6.45, 7) is 0.258. The van der Waals surface area contributed by atoms with Crippen molar-refractivity contribution in [3.63, 3.8) is 0 Å². The second-order valence-electron chi connectivity index (χ2n) is 5.26. The number of aromatic carboxylic acids is 1. The Morgan fingerprint density at radius 3 is 2.58 bits per heavy atom. The van der Waals surface area contributed by atoms with Gasteiger partial charge in [0.05, 0.1) is 18.9 Å². The molecule has 1 N–H and O–H groups in total. The molecule has 0 radical (unpaired) electrons. The minimum Gasteiger partial charge on any atom is -0.493 e. The SMILES string of the molecule is COc1cccc(/C=N/n2cnnc2)c1OCc1ccc(C(=O)O)cc1. The van der Waals surface area contributed by atoms with Crippen LogP contribution < -0.4 is 9.47 Å². The standard InChI is InChI=1S/C18H16N4O4/c1-25-16-4-2-3-15(9-21-22-11-19-20-12-22)17(16)26-10-13-5-7-14(8-6-13)18(23)24/h2-9,11-12H,10H2,1H3,(H,23,24)/b21-9+. The number of benzene rings is 2. The van der Waals surface area contributed by atoms with Gasteiger partial charge in [-0.25, -0.2) is 9.47 Å². The van der Waals surface area contributed by atoms with Crippen molar-refractivity contribution in [2.24, 2.45) is 5.10 Å². The van der Waals surface area contributed by atoms with Crippen molar-refractivity contribution >= 4 is 12.2 Å². The van der Waals surface area contributed by atoms with E-state index in [0.717, 1.165) is 11.1 Å². The molecule has 132 valence electrons. The average molecular weight is 352 g/mol. The van der Waals surface area contributed by atoms with Crippen LogP contribution in [0.4, 0.5) is 0 Å². The van der Waals surface area contributed by atoms with Gasteiger partial charge in [0, 0.05) is 5.56 Å². The third kappa shape index (κ3) is 4.04. The van der Waals surface area contributed by atoms with Crippen LogP contribution in [0.15, 0.2) is 60.2 Å². The van der Waals surface area contributed by atoms with E-state index in [9.17, 15) is 4.79 Å². The van der Waals surface area contributed by atoms with Crippen LogP contribution in [0.25, 0.3) is 0 Å². The molecule has 0 spiro atoms. The van der Waals surface area contributed by atoms with Gasteiger partial charge in [0.2, 0.25) is 0 Å². The van der Waals surface area contributed by atoms with Gasteiger partial charge in [-0.3, -0.25) is 0 Å². The molecular formula is C18H16N4O4. The number of aromatic nitrogens is 3. The molecule has 0 atom stereocenters. The van der Waals surface area contributed by atoms with Crippen molar-refractivity contribution in [3.05, 3.63) is 71.8 Å². The molecule has 0 saturated heterocycles. The number of carboxylic acids is 1. The number of hydrogen-bond acceptors (Lipinski definition) is 6. The molecule has 0 amide bonds. The first-order valence-corrected chi connectivity index (χ1v) is 7.68. The number of methoxy groups -OCH3 is 1. The predicted octanol–water partition coefficient (Wildman–Crippen LogP) is 2.45.